The summed E-state index contributed by atoms with van der Waals surface area (Å²) in [4.78, 5) is 15.4. The number of para-hydroxylation sites is 2. The van der Waals surface area contributed by atoms with E-state index in [1.54, 1.807) is 17.4 Å². The van der Waals surface area contributed by atoms with E-state index in [1.165, 1.54) is 15.6 Å². The number of hydrogen-bond donors (Lipinski definition) is 2. The number of aromatic hydroxyl groups is 1. The first-order chi connectivity index (χ1) is 13.6. The van der Waals surface area contributed by atoms with Crippen molar-refractivity contribution >= 4 is 23.0 Å². The fourth-order valence-electron chi connectivity index (χ4n) is 3.50. The predicted molar refractivity (Wildman–Crippen MR) is 118 cm³/mol. The standard InChI is InChI=1S/C21H31N5OS/c1-4-17-16(3)28-20(24-17)10-11-23-21(22-5-2)26-14-12-25(13-15-26)18-8-6-7-9-19(18)27/h6-9,27H,4-5,10-15H2,1-3H3,(H,22,23). The van der Waals surface area contributed by atoms with Gasteiger partial charge in [-0.25, -0.2) is 4.98 Å². The molecule has 0 spiro atoms. The Morgan fingerprint density at radius 1 is 1.21 bits per heavy atom. The van der Waals surface area contributed by atoms with Crippen LogP contribution in [0.2, 0.25) is 0 Å². The smallest absolute Gasteiger partial charge is 0.194 e. The Morgan fingerprint density at radius 3 is 2.61 bits per heavy atom. The molecule has 6 nitrogen and oxygen atoms in total. The van der Waals surface area contributed by atoms with Gasteiger partial charge in [0.05, 0.1) is 16.4 Å². The van der Waals surface area contributed by atoms with Crippen molar-refractivity contribution in [3.05, 3.63) is 39.8 Å². The van der Waals surface area contributed by atoms with Gasteiger partial charge < -0.3 is 20.2 Å². The van der Waals surface area contributed by atoms with Crippen molar-refractivity contribution in [1.82, 2.24) is 15.2 Å². The Morgan fingerprint density at radius 2 is 1.96 bits per heavy atom. The summed E-state index contributed by atoms with van der Waals surface area (Å²) in [7, 11) is 0. The Kier molecular flexibility index (Phi) is 7.14. The third-order valence-electron chi connectivity index (χ3n) is 5.00. The van der Waals surface area contributed by atoms with Gasteiger partial charge in [0.15, 0.2) is 5.96 Å². The molecule has 1 aromatic heterocycles. The van der Waals surface area contributed by atoms with Crippen LogP contribution in [0.15, 0.2) is 29.3 Å². The quantitative estimate of drug-likeness (QED) is 0.575. The van der Waals surface area contributed by atoms with Crippen molar-refractivity contribution in [3.8, 4) is 5.75 Å². The molecule has 1 aromatic carbocycles. The predicted octanol–water partition coefficient (Wildman–Crippen LogP) is 3.05. The molecule has 0 radical (unpaired) electrons. The van der Waals surface area contributed by atoms with Crippen LogP contribution in [-0.4, -0.2) is 60.2 Å². The number of phenolic OH excluding ortho intramolecular Hbond substituents is 1. The lowest BCUT2D eigenvalue weighted by Gasteiger charge is -2.37. The summed E-state index contributed by atoms with van der Waals surface area (Å²) in [6, 6.07) is 7.55. The number of aliphatic imine (C=N–C) groups is 1. The molecule has 3 rings (SSSR count). The van der Waals surface area contributed by atoms with Crippen molar-refractivity contribution in [2.45, 2.75) is 33.6 Å². The average molecular weight is 402 g/mol. The molecule has 1 aliphatic rings. The van der Waals surface area contributed by atoms with E-state index < -0.39 is 0 Å². The highest BCUT2D eigenvalue weighted by molar-refractivity contribution is 7.11. The van der Waals surface area contributed by atoms with Gasteiger partial charge in [0.1, 0.15) is 5.75 Å². The van der Waals surface area contributed by atoms with Crippen LogP contribution in [0.25, 0.3) is 0 Å². The number of rotatable bonds is 6. The van der Waals surface area contributed by atoms with Gasteiger partial charge in [0, 0.05) is 50.6 Å². The zero-order chi connectivity index (χ0) is 19.9. The summed E-state index contributed by atoms with van der Waals surface area (Å²) < 4.78 is 0. The van der Waals surface area contributed by atoms with Crippen LogP contribution in [0, 0.1) is 6.92 Å². The lowest BCUT2D eigenvalue weighted by molar-refractivity contribution is 0.370. The summed E-state index contributed by atoms with van der Waals surface area (Å²) in [5.74, 6) is 1.32. The third-order valence-corrected chi connectivity index (χ3v) is 6.07. The van der Waals surface area contributed by atoms with Crippen LogP contribution in [0.3, 0.4) is 0 Å². The summed E-state index contributed by atoms with van der Waals surface area (Å²) in [6.07, 6.45) is 1.88. The number of nitrogens with one attached hydrogen (secondary N) is 1. The number of nitrogens with zero attached hydrogens (tertiary/aromatic N) is 4. The molecular weight excluding hydrogens is 370 g/mol. The van der Waals surface area contributed by atoms with Crippen LogP contribution >= 0.6 is 11.3 Å². The molecule has 0 amide bonds. The van der Waals surface area contributed by atoms with E-state index in [4.69, 9.17) is 9.98 Å². The second-order valence-electron chi connectivity index (χ2n) is 6.91. The Balaban J connectivity index is 1.58. The molecule has 0 aliphatic carbocycles. The fraction of sp³-hybridized carbons (Fsp3) is 0.524. The molecular formula is C21H31N5OS. The number of thiazole rings is 1. The molecule has 0 atom stereocenters. The van der Waals surface area contributed by atoms with Crippen LogP contribution in [0.5, 0.6) is 5.75 Å². The van der Waals surface area contributed by atoms with Crippen LogP contribution in [-0.2, 0) is 12.8 Å². The van der Waals surface area contributed by atoms with E-state index in [-0.39, 0.29) is 0 Å². The minimum Gasteiger partial charge on any atom is -0.506 e. The molecule has 7 heteroatoms. The van der Waals surface area contributed by atoms with E-state index in [0.29, 0.717) is 5.75 Å². The first kappa shape index (κ1) is 20.5. The first-order valence-corrected chi connectivity index (χ1v) is 10.9. The number of phenols is 1. The Hall–Kier alpha value is -2.28. The number of guanidine groups is 1. The van der Waals surface area contributed by atoms with Gasteiger partial charge in [-0.2, -0.15) is 0 Å². The first-order valence-electron chi connectivity index (χ1n) is 10.1. The van der Waals surface area contributed by atoms with Gasteiger partial charge in [-0.3, -0.25) is 4.99 Å². The van der Waals surface area contributed by atoms with Gasteiger partial charge in [-0.05, 0) is 32.4 Å². The topological polar surface area (TPSA) is 64.0 Å². The van der Waals surface area contributed by atoms with E-state index in [9.17, 15) is 5.11 Å². The average Bonchev–Trinajstić information content (AvgIpc) is 3.07. The van der Waals surface area contributed by atoms with Crippen LogP contribution < -0.4 is 10.2 Å². The fourth-order valence-corrected chi connectivity index (χ4v) is 4.51. The van der Waals surface area contributed by atoms with Gasteiger partial charge in [-0.1, -0.05) is 19.1 Å². The SMILES string of the molecule is CCNC(=NCCc1nc(CC)c(C)s1)N1CCN(c2ccccc2O)CC1. The molecule has 2 aromatic rings. The van der Waals surface area contributed by atoms with E-state index in [1.807, 2.05) is 18.2 Å². The monoisotopic (exact) mass is 401 g/mol. The van der Waals surface area contributed by atoms with Crippen molar-refractivity contribution in [2.24, 2.45) is 4.99 Å². The number of hydrogen-bond acceptors (Lipinski definition) is 5. The molecule has 1 fully saturated rings. The van der Waals surface area contributed by atoms with Gasteiger partial charge in [0.2, 0.25) is 0 Å². The highest BCUT2D eigenvalue weighted by Crippen LogP contribution is 2.27. The molecule has 28 heavy (non-hydrogen) atoms. The van der Waals surface area contributed by atoms with E-state index >= 15 is 0 Å². The van der Waals surface area contributed by atoms with E-state index in [2.05, 4.69) is 35.9 Å². The number of anilines is 1. The summed E-state index contributed by atoms with van der Waals surface area (Å²) in [5, 5.41) is 14.7. The van der Waals surface area contributed by atoms with Gasteiger partial charge in [-0.15, -0.1) is 11.3 Å². The Labute approximate surface area is 171 Å². The summed E-state index contributed by atoms with van der Waals surface area (Å²) >= 11 is 1.79. The number of aryl methyl sites for hydroxylation is 2. The molecule has 1 saturated heterocycles. The lowest BCUT2D eigenvalue weighted by Crippen LogP contribution is -2.52. The van der Waals surface area contributed by atoms with Crippen molar-refractivity contribution in [3.63, 3.8) is 0 Å². The molecule has 0 bridgehead atoms. The molecule has 2 heterocycles. The van der Waals surface area contributed by atoms with Crippen LogP contribution in [0.4, 0.5) is 5.69 Å². The zero-order valence-electron chi connectivity index (χ0n) is 17.1. The van der Waals surface area contributed by atoms with Crippen molar-refractivity contribution in [2.75, 3.05) is 44.2 Å². The summed E-state index contributed by atoms with van der Waals surface area (Å²) in [5.41, 5.74) is 2.13. The minimum absolute atomic E-state index is 0.349. The Bertz CT molecular complexity index is 796. The second kappa shape index (κ2) is 9.78. The van der Waals surface area contributed by atoms with E-state index in [0.717, 1.165) is 63.8 Å². The van der Waals surface area contributed by atoms with Crippen molar-refractivity contribution < 1.29 is 5.11 Å². The maximum absolute atomic E-state index is 10.1. The number of piperazine rings is 1. The largest absolute Gasteiger partial charge is 0.506 e. The molecule has 1 aliphatic heterocycles. The molecule has 0 unspecified atom stereocenters. The maximum atomic E-state index is 10.1. The van der Waals surface area contributed by atoms with Crippen molar-refractivity contribution in [1.29, 1.82) is 0 Å². The number of aromatic nitrogens is 1. The molecule has 2 N–H and O–H groups in total. The molecule has 152 valence electrons. The number of benzene rings is 1. The second-order valence-corrected chi connectivity index (χ2v) is 8.20. The van der Waals surface area contributed by atoms with Gasteiger partial charge in [0.25, 0.3) is 0 Å². The lowest BCUT2D eigenvalue weighted by atomic mass is 10.2. The maximum Gasteiger partial charge on any atom is 0.194 e. The third kappa shape index (κ3) is 4.95. The normalized spacial score (nSPS) is 15.2. The van der Waals surface area contributed by atoms with Crippen LogP contribution in [0.1, 0.15) is 29.4 Å². The summed E-state index contributed by atoms with van der Waals surface area (Å²) in [6.45, 7) is 11.5. The highest BCUT2D eigenvalue weighted by atomic mass is 32.1. The molecule has 0 saturated carbocycles. The van der Waals surface area contributed by atoms with Gasteiger partial charge >= 0.3 is 0 Å². The minimum atomic E-state index is 0.349. The highest BCUT2D eigenvalue weighted by Gasteiger charge is 2.21. The zero-order valence-corrected chi connectivity index (χ0v) is 17.9.